The second-order valence-electron chi connectivity index (χ2n) is 5.27. The van der Waals surface area contributed by atoms with Crippen molar-refractivity contribution in [3.63, 3.8) is 0 Å². The molecule has 0 fully saturated rings. The van der Waals surface area contributed by atoms with Crippen LogP contribution >= 0.6 is 0 Å². The van der Waals surface area contributed by atoms with Crippen molar-refractivity contribution in [3.8, 4) is 17.2 Å². The zero-order valence-electron chi connectivity index (χ0n) is 14.4. The second kappa shape index (κ2) is 7.26. The maximum Gasteiger partial charge on any atom is 0.363 e. The highest BCUT2D eigenvalue weighted by Crippen LogP contribution is 2.40. The number of benzene rings is 2. The highest BCUT2D eigenvalue weighted by Gasteiger charge is 2.25. The molecule has 3 rings (SSSR count). The SMILES string of the molecule is COc1ccc(C=C2N=C(c3ccc(F)cc3)OC2=O)c(OC)c1OC. The third-order valence-corrected chi connectivity index (χ3v) is 3.74. The summed E-state index contributed by atoms with van der Waals surface area (Å²) < 4.78 is 34.2. The average molecular weight is 357 g/mol. The smallest absolute Gasteiger partial charge is 0.363 e. The van der Waals surface area contributed by atoms with E-state index in [2.05, 4.69) is 4.99 Å². The summed E-state index contributed by atoms with van der Waals surface area (Å²) in [7, 11) is 4.49. The molecule has 2 aromatic carbocycles. The predicted octanol–water partition coefficient (Wildman–Crippen LogP) is 3.20. The van der Waals surface area contributed by atoms with Crippen LogP contribution in [0.25, 0.3) is 6.08 Å². The van der Waals surface area contributed by atoms with Crippen LogP contribution in [0.3, 0.4) is 0 Å². The van der Waals surface area contributed by atoms with Gasteiger partial charge in [-0.2, -0.15) is 0 Å². The number of ether oxygens (including phenoxy) is 4. The maximum absolute atomic E-state index is 13.0. The first-order valence-electron chi connectivity index (χ1n) is 7.65. The number of hydrogen-bond acceptors (Lipinski definition) is 6. The number of rotatable bonds is 5. The topological polar surface area (TPSA) is 66.4 Å². The number of methoxy groups -OCH3 is 3. The van der Waals surface area contributed by atoms with Gasteiger partial charge in [0.05, 0.1) is 21.3 Å². The first-order valence-corrected chi connectivity index (χ1v) is 7.65. The van der Waals surface area contributed by atoms with E-state index in [1.165, 1.54) is 51.7 Å². The van der Waals surface area contributed by atoms with Crippen molar-refractivity contribution >= 4 is 17.9 Å². The van der Waals surface area contributed by atoms with Gasteiger partial charge >= 0.3 is 5.97 Å². The first-order chi connectivity index (χ1) is 12.6. The number of carbonyl (C=O) groups excluding carboxylic acids is 1. The molecule has 2 aromatic rings. The van der Waals surface area contributed by atoms with Crippen LogP contribution in [0, 0.1) is 5.82 Å². The van der Waals surface area contributed by atoms with Crippen LogP contribution < -0.4 is 14.2 Å². The molecule has 0 aromatic heterocycles. The van der Waals surface area contributed by atoms with Crippen LogP contribution in [0.5, 0.6) is 17.2 Å². The highest BCUT2D eigenvalue weighted by atomic mass is 19.1. The molecule has 1 heterocycles. The number of cyclic esters (lactones) is 1. The van der Waals surface area contributed by atoms with Crippen LogP contribution in [0.1, 0.15) is 11.1 Å². The standard InChI is InChI=1S/C19H16FNO5/c1-23-15-9-6-12(16(24-2)17(15)25-3)10-14-19(22)26-18(21-14)11-4-7-13(20)8-5-11/h4-10H,1-3H3. The van der Waals surface area contributed by atoms with E-state index < -0.39 is 5.97 Å². The van der Waals surface area contributed by atoms with E-state index in [0.29, 0.717) is 28.4 Å². The van der Waals surface area contributed by atoms with Gasteiger partial charge in [0.25, 0.3) is 0 Å². The van der Waals surface area contributed by atoms with Crippen molar-refractivity contribution in [3.05, 3.63) is 59.0 Å². The summed E-state index contributed by atoms with van der Waals surface area (Å²) in [6.07, 6.45) is 1.53. The quantitative estimate of drug-likeness (QED) is 0.607. The predicted molar refractivity (Wildman–Crippen MR) is 93.1 cm³/mol. The molecular weight excluding hydrogens is 341 g/mol. The summed E-state index contributed by atoms with van der Waals surface area (Å²) in [5.74, 6) is 0.415. The summed E-state index contributed by atoms with van der Waals surface area (Å²) in [4.78, 5) is 16.3. The van der Waals surface area contributed by atoms with E-state index in [0.717, 1.165) is 0 Å². The second-order valence-corrected chi connectivity index (χ2v) is 5.27. The molecule has 0 atom stereocenters. The van der Waals surface area contributed by atoms with E-state index in [9.17, 15) is 9.18 Å². The fraction of sp³-hybridized carbons (Fsp3) is 0.158. The lowest BCUT2D eigenvalue weighted by molar-refractivity contribution is -0.129. The average Bonchev–Trinajstić information content (AvgIpc) is 3.02. The number of aliphatic imine (C=N–C) groups is 1. The van der Waals surface area contributed by atoms with Crippen molar-refractivity contribution in [2.24, 2.45) is 4.99 Å². The summed E-state index contributed by atoms with van der Waals surface area (Å²) in [6, 6.07) is 8.92. The van der Waals surface area contributed by atoms with Crippen LogP contribution in [0.4, 0.5) is 4.39 Å². The molecule has 7 heteroatoms. The van der Waals surface area contributed by atoms with E-state index in [-0.39, 0.29) is 17.4 Å². The maximum atomic E-state index is 13.0. The number of esters is 1. The Hall–Kier alpha value is -3.35. The van der Waals surface area contributed by atoms with Crippen LogP contribution in [0.15, 0.2) is 47.1 Å². The lowest BCUT2D eigenvalue weighted by Gasteiger charge is -2.14. The van der Waals surface area contributed by atoms with Gasteiger partial charge in [-0.25, -0.2) is 14.2 Å². The Kier molecular flexibility index (Phi) is 4.88. The largest absolute Gasteiger partial charge is 0.493 e. The molecule has 1 aliphatic heterocycles. The molecule has 0 bridgehead atoms. The lowest BCUT2D eigenvalue weighted by atomic mass is 10.1. The molecule has 26 heavy (non-hydrogen) atoms. The Morgan fingerprint density at radius 2 is 1.65 bits per heavy atom. The van der Waals surface area contributed by atoms with Gasteiger partial charge < -0.3 is 18.9 Å². The van der Waals surface area contributed by atoms with E-state index in [1.54, 1.807) is 12.1 Å². The molecule has 0 unspecified atom stereocenters. The Balaban J connectivity index is 2.02. The molecule has 0 aliphatic carbocycles. The minimum absolute atomic E-state index is 0.0924. The Bertz CT molecular complexity index is 903. The Morgan fingerprint density at radius 3 is 2.27 bits per heavy atom. The van der Waals surface area contributed by atoms with Crippen LogP contribution in [-0.2, 0) is 9.53 Å². The van der Waals surface area contributed by atoms with E-state index in [1.807, 2.05) is 0 Å². The van der Waals surface area contributed by atoms with Crippen molar-refractivity contribution in [2.75, 3.05) is 21.3 Å². The fourth-order valence-corrected chi connectivity index (χ4v) is 2.51. The van der Waals surface area contributed by atoms with E-state index in [4.69, 9.17) is 18.9 Å². The Labute approximate surface area is 149 Å². The van der Waals surface area contributed by atoms with Gasteiger partial charge in [-0.15, -0.1) is 0 Å². The first kappa shape index (κ1) is 17.5. The summed E-state index contributed by atoms with van der Waals surface area (Å²) >= 11 is 0. The third-order valence-electron chi connectivity index (χ3n) is 3.74. The fourth-order valence-electron chi connectivity index (χ4n) is 2.51. The lowest BCUT2D eigenvalue weighted by Crippen LogP contribution is -2.05. The molecule has 0 N–H and O–H groups in total. The molecule has 6 nitrogen and oxygen atoms in total. The third kappa shape index (κ3) is 3.23. The van der Waals surface area contributed by atoms with Gasteiger partial charge in [-0.05, 0) is 42.5 Å². The van der Waals surface area contributed by atoms with Crippen molar-refractivity contribution in [1.82, 2.24) is 0 Å². The molecule has 134 valence electrons. The molecule has 0 spiro atoms. The number of carbonyl (C=O) groups is 1. The summed E-state index contributed by atoms with van der Waals surface area (Å²) in [5.41, 5.74) is 1.17. The summed E-state index contributed by atoms with van der Waals surface area (Å²) in [6.45, 7) is 0. The molecule has 0 saturated heterocycles. The van der Waals surface area contributed by atoms with E-state index >= 15 is 0 Å². The molecule has 1 aliphatic rings. The number of nitrogens with zero attached hydrogens (tertiary/aromatic N) is 1. The Morgan fingerprint density at radius 1 is 0.962 bits per heavy atom. The van der Waals surface area contributed by atoms with Gasteiger partial charge in [0.15, 0.2) is 17.2 Å². The summed E-state index contributed by atoms with van der Waals surface area (Å²) in [5, 5.41) is 0. The highest BCUT2D eigenvalue weighted by molar-refractivity contribution is 6.13. The van der Waals surface area contributed by atoms with Crippen molar-refractivity contribution in [2.45, 2.75) is 0 Å². The van der Waals surface area contributed by atoms with Gasteiger partial charge in [-0.1, -0.05) is 0 Å². The van der Waals surface area contributed by atoms with Gasteiger partial charge in [0, 0.05) is 11.1 Å². The monoisotopic (exact) mass is 357 g/mol. The zero-order chi connectivity index (χ0) is 18.7. The number of halogens is 1. The molecule has 0 amide bonds. The number of hydrogen-bond donors (Lipinski definition) is 0. The molecule has 0 radical (unpaired) electrons. The van der Waals surface area contributed by atoms with Gasteiger partial charge in [0.2, 0.25) is 11.6 Å². The van der Waals surface area contributed by atoms with Crippen LogP contribution in [0.2, 0.25) is 0 Å². The van der Waals surface area contributed by atoms with Crippen molar-refractivity contribution < 1.29 is 28.1 Å². The van der Waals surface area contributed by atoms with Crippen molar-refractivity contribution in [1.29, 1.82) is 0 Å². The minimum Gasteiger partial charge on any atom is -0.493 e. The zero-order valence-corrected chi connectivity index (χ0v) is 14.4. The minimum atomic E-state index is -0.610. The van der Waals surface area contributed by atoms with Gasteiger partial charge in [0.1, 0.15) is 5.82 Å². The van der Waals surface area contributed by atoms with Crippen LogP contribution in [-0.4, -0.2) is 33.2 Å². The molecular formula is C19H16FNO5. The van der Waals surface area contributed by atoms with Gasteiger partial charge in [-0.3, -0.25) is 0 Å². The normalized spacial score (nSPS) is 14.8. The molecule has 0 saturated carbocycles.